The van der Waals surface area contributed by atoms with Gasteiger partial charge >= 0.3 is 0 Å². The molecule has 3 aromatic rings. The van der Waals surface area contributed by atoms with Crippen molar-refractivity contribution in [2.75, 3.05) is 24.7 Å². The number of thiophene rings is 1. The molecule has 1 aromatic heterocycles. The van der Waals surface area contributed by atoms with Crippen LogP contribution in [0, 0.1) is 0 Å². The van der Waals surface area contributed by atoms with E-state index in [1.165, 1.54) is 28.4 Å². The number of hydrogen-bond donors (Lipinski definition) is 3. The lowest BCUT2D eigenvalue weighted by Gasteiger charge is -2.22. The Kier molecular flexibility index (Phi) is 5.56. The molecule has 1 heterocycles. The molecule has 1 atom stereocenters. The van der Waals surface area contributed by atoms with Crippen LogP contribution < -0.4 is 21.5 Å². The number of carbonyl (C=O) groups excluding carboxylic acids is 1. The zero-order valence-corrected chi connectivity index (χ0v) is 17.1. The Morgan fingerprint density at radius 2 is 1.83 bits per heavy atom. The Hall–Kier alpha value is -3.39. The van der Waals surface area contributed by atoms with Crippen LogP contribution in [0.5, 0.6) is 5.75 Å². The first kappa shape index (κ1) is 20.3. The number of nitrogens with one attached hydrogen (secondary N) is 2. The summed E-state index contributed by atoms with van der Waals surface area (Å²) < 4.78 is 0. The monoisotopic (exact) mass is 411 g/mol. The summed E-state index contributed by atoms with van der Waals surface area (Å²) in [6.45, 7) is 5.79. The predicted octanol–water partition coefficient (Wildman–Crippen LogP) is 3.22. The molecule has 0 fully saturated rings. The number of para-hydroxylation sites is 1. The van der Waals surface area contributed by atoms with E-state index < -0.39 is 10.9 Å². The summed E-state index contributed by atoms with van der Waals surface area (Å²) in [7, 11) is 3.14. The van der Waals surface area contributed by atoms with Gasteiger partial charge in [0.15, 0.2) is 5.75 Å². The molecule has 3 N–H and O–H groups in total. The van der Waals surface area contributed by atoms with Gasteiger partial charge in [0.1, 0.15) is 11.4 Å². The highest BCUT2D eigenvalue weighted by Gasteiger charge is 2.26. The van der Waals surface area contributed by atoms with Crippen molar-refractivity contribution in [1.29, 1.82) is 0 Å². The quantitative estimate of drug-likeness (QED) is 0.314. The topological polar surface area (TPSA) is 98.7 Å². The lowest BCUT2D eigenvalue weighted by atomic mass is 10.1. The van der Waals surface area contributed by atoms with Gasteiger partial charge in [-0.3, -0.25) is 14.4 Å². The van der Waals surface area contributed by atoms with Crippen LogP contribution in [0.4, 0.5) is 17.1 Å². The molecule has 2 aromatic carbocycles. The first-order valence-corrected chi connectivity index (χ1v) is 9.69. The lowest BCUT2D eigenvalue weighted by Crippen LogP contribution is -2.37. The van der Waals surface area contributed by atoms with E-state index in [9.17, 15) is 19.5 Å². The summed E-state index contributed by atoms with van der Waals surface area (Å²) in [5, 5.41) is 18.3. The molecule has 0 unspecified atom stereocenters. The van der Waals surface area contributed by atoms with Crippen LogP contribution in [0.25, 0.3) is 0 Å². The largest absolute Gasteiger partial charge is 0.505 e. The first-order chi connectivity index (χ1) is 13.7. The standard InChI is InChI=1S/C21H21N3O4S/c1-11(2)15(14-9-6-10-29-14)23-17-16(19(26)20(17)27)22-13-8-5-7-12(18(13)25)21(28)24(3)4/h5-10,15,22-23,25H,1H2,2-4H3/t15-/m1/s1. The number of anilines is 3. The van der Waals surface area contributed by atoms with Crippen molar-refractivity contribution in [3.8, 4) is 5.75 Å². The summed E-state index contributed by atoms with van der Waals surface area (Å²) >= 11 is 1.51. The maximum Gasteiger partial charge on any atom is 0.257 e. The third-order valence-electron chi connectivity index (χ3n) is 4.45. The Morgan fingerprint density at radius 1 is 1.14 bits per heavy atom. The van der Waals surface area contributed by atoms with Gasteiger partial charge in [-0.15, -0.1) is 11.3 Å². The zero-order valence-electron chi connectivity index (χ0n) is 16.3. The van der Waals surface area contributed by atoms with E-state index in [1.807, 2.05) is 24.4 Å². The molecular weight excluding hydrogens is 390 g/mol. The second-order valence-electron chi connectivity index (χ2n) is 6.87. The third kappa shape index (κ3) is 3.79. The maximum absolute atomic E-state index is 12.2. The number of benzene rings is 1. The molecule has 3 rings (SSSR count). The van der Waals surface area contributed by atoms with Gasteiger partial charge in [-0.1, -0.05) is 24.3 Å². The molecule has 150 valence electrons. The van der Waals surface area contributed by atoms with E-state index in [4.69, 9.17) is 0 Å². The lowest BCUT2D eigenvalue weighted by molar-refractivity contribution is 0.0824. The van der Waals surface area contributed by atoms with E-state index in [0.717, 1.165) is 10.5 Å². The Balaban J connectivity index is 1.93. The molecule has 1 amide bonds. The van der Waals surface area contributed by atoms with Crippen molar-refractivity contribution in [2.45, 2.75) is 13.0 Å². The average molecular weight is 411 g/mol. The molecule has 0 saturated heterocycles. The van der Waals surface area contributed by atoms with E-state index in [1.54, 1.807) is 20.2 Å². The van der Waals surface area contributed by atoms with Gasteiger partial charge in [-0.25, -0.2) is 0 Å². The normalized spacial score (nSPS) is 11.8. The molecule has 29 heavy (non-hydrogen) atoms. The first-order valence-electron chi connectivity index (χ1n) is 8.81. The molecule has 0 bridgehead atoms. The molecule has 7 nitrogen and oxygen atoms in total. The summed E-state index contributed by atoms with van der Waals surface area (Å²) in [5.74, 6) is -0.672. The third-order valence-corrected chi connectivity index (χ3v) is 5.39. The summed E-state index contributed by atoms with van der Waals surface area (Å²) in [6, 6.07) is 8.08. The number of aromatic hydroxyl groups is 1. The van der Waals surface area contributed by atoms with E-state index >= 15 is 0 Å². The van der Waals surface area contributed by atoms with Gasteiger partial charge in [-0.2, -0.15) is 0 Å². The van der Waals surface area contributed by atoms with Crippen LogP contribution in [0.2, 0.25) is 0 Å². The van der Waals surface area contributed by atoms with Gasteiger partial charge in [0, 0.05) is 19.0 Å². The summed E-state index contributed by atoms with van der Waals surface area (Å²) in [5.41, 5.74) is -0.128. The van der Waals surface area contributed by atoms with Gasteiger partial charge in [0.05, 0.1) is 17.3 Å². The molecule has 0 saturated carbocycles. The second kappa shape index (κ2) is 7.92. The number of rotatable bonds is 7. The Labute approximate surface area is 171 Å². The number of phenolic OH excluding ortho intramolecular Hbond substituents is 1. The van der Waals surface area contributed by atoms with Crippen LogP contribution in [-0.2, 0) is 0 Å². The van der Waals surface area contributed by atoms with Crippen molar-refractivity contribution >= 4 is 34.3 Å². The number of carbonyl (C=O) groups is 1. The van der Waals surface area contributed by atoms with Crippen LogP contribution in [0.3, 0.4) is 0 Å². The fourth-order valence-electron chi connectivity index (χ4n) is 2.88. The van der Waals surface area contributed by atoms with E-state index in [2.05, 4.69) is 17.2 Å². The molecule has 0 radical (unpaired) electrons. The maximum atomic E-state index is 12.2. The summed E-state index contributed by atoms with van der Waals surface area (Å²) in [4.78, 5) is 38.8. The molecule has 0 aliphatic rings. The Morgan fingerprint density at radius 3 is 2.41 bits per heavy atom. The smallest absolute Gasteiger partial charge is 0.257 e. The number of hydrogen-bond acceptors (Lipinski definition) is 7. The molecule has 0 aliphatic heterocycles. The van der Waals surface area contributed by atoms with Crippen LogP contribution >= 0.6 is 11.3 Å². The highest BCUT2D eigenvalue weighted by molar-refractivity contribution is 7.10. The summed E-state index contributed by atoms with van der Waals surface area (Å²) in [6.07, 6.45) is 0. The molecular formula is C21H21N3O4S. The average Bonchev–Trinajstić information content (AvgIpc) is 3.21. The van der Waals surface area contributed by atoms with Crippen molar-refractivity contribution in [1.82, 2.24) is 4.90 Å². The molecule has 0 spiro atoms. The number of nitrogens with zero attached hydrogens (tertiary/aromatic N) is 1. The van der Waals surface area contributed by atoms with Gasteiger partial charge in [0.2, 0.25) is 0 Å². The van der Waals surface area contributed by atoms with Crippen molar-refractivity contribution in [2.24, 2.45) is 0 Å². The van der Waals surface area contributed by atoms with Crippen molar-refractivity contribution in [3.63, 3.8) is 0 Å². The van der Waals surface area contributed by atoms with Gasteiger partial charge < -0.3 is 20.6 Å². The Bertz CT molecular complexity index is 1140. The van der Waals surface area contributed by atoms with Crippen molar-refractivity contribution < 1.29 is 9.90 Å². The van der Waals surface area contributed by atoms with Gasteiger partial charge in [0.25, 0.3) is 16.8 Å². The fraction of sp³-hybridized carbons (Fsp3) is 0.190. The fourth-order valence-corrected chi connectivity index (χ4v) is 3.75. The van der Waals surface area contributed by atoms with Crippen LogP contribution in [0.15, 0.2) is 57.5 Å². The minimum Gasteiger partial charge on any atom is -0.505 e. The zero-order chi connectivity index (χ0) is 21.3. The number of amides is 1. The van der Waals surface area contributed by atoms with Crippen LogP contribution in [-0.4, -0.2) is 30.0 Å². The highest BCUT2D eigenvalue weighted by atomic mass is 32.1. The van der Waals surface area contributed by atoms with Crippen molar-refractivity contribution in [3.05, 3.63) is 78.8 Å². The predicted molar refractivity (Wildman–Crippen MR) is 116 cm³/mol. The second-order valence-corrected chi connectivity index (χ2v) is 7.85. The highest BCUT2D eigenvalue weighted by Crippen LogP contribution is 2.34. The SMILES string of the molecule is C=C(C)[C@@H](Nc1c(Nc2cccc(C(=O)N(C)C)c2O)c(=O)c1=O)c1cccs1. The minimum atomic E-state index is -0.692. The van der Waals surface area contributed by atoms with E-state index in [-0.39, 0.29) is 40.3 Å². The molecule has 8 heteroatoms. The minimum absolute atomic E-state index is 0.0440. The number of phenols is 1. The van der Waals surface area contributed by atoms with E-state index in [0.29, 0.717) is 0 Å². The van der Waals surface area contributed by atoms with Crippen LogP contribution in [0.1, 0.15) is 28.2 Å². The molecule has 0 aliphatic carbocycles. The van der Waals surface area contributed by atoms with Gasteiger partial charge in [-0.05, 0) is 30.5 Å².